The van der Waals surface area contributed by atoms with Crippen molar-refractivity contribution in [2.24, 2.45) is 9.98 Å². The van der Waals surface area contributed by atoms with Crippen LogP contribution in [0.1, 0.15) is 117 Å². The highest BCUT2D eigenvalue weighted by Gasteiger charge is 2.12. The molecule has 9 nitrogen and oxygen atoms in total. The van der Waals surface area contributed by atoms with E-state index in [2.05, 4.69) is 41.2 Å². The monoisotopic (exact) mass is 625 g/mol. The Labute approximate surface area is 264 Å². The zero-order valence-corrected chi connectivity index (χ0v) is 27.8. The van der Waals surface area contributed by atoms with Gasteiger partial charge in [-0.1, -0.05) is 151 Å². The molecule has 0 atom stereocenters. The summed E-state index contributed by atoms with van der Waals surface area (Å²) >= 11 is 2.83. The molecule has 0 unspecified atom stereocenters. The SMILES string of the molecule is CCCCCCCCCCn1nc(N)sc1=Nc1[nH]c(N=c2sc(N)nn2CCCCCCCCCC)c2ccccc12. The van der Waals surface area contributed by atoms with E-state index in [0.717, 1.165) is 57.9 Å². The first-order valence-electron chi connectivity index (χ1n) is 16.5. The number of anilines is 2. The minimum Gasteiger partial charge on any atom is -0.374 e. The molecule has 43 heavy (non-hydrogen) atoms. The minimum absolute atomic E-state index is 0.529. The number of nitrogens with two attached hydrogens (primary N) is 2. The number of aromatic nitrogens is 5. The minimum atomic E-state index is 0.529. The third kappa shape index (κ3) is 10.3. The smallest absolute Gasteiger partial charge is 0.211 e. The van der Waals surface area contributed by atoms with E-state index in [1.54, 1.807) is 0 Å². The van der Waals surface area contributed by atoms with E-state index in [9.17, 15) is 0 Å². The summed E-state index contributed by atoms with van der Waals surface area (Å²) in [5.41, 5.74) is 12.3. The lowest BCUT2D eigenvalue weighted by Gasteiger charge is -2.02. The quantitative estimate of drug-likeness (QED) is 0.0850. The number of aryl methyl sites for hydroxylation is 2. The molecule has 0 aliphatic carbocycles. The highest BCUT2D eigenvalue weighted by atomic mass is 32.1. The van der Waals surface area contributed by atoms with Crippen molar-refractivity contribution in [2.45, 2.75) is 130 Å². The number of H-pyrrole nitrogens is 1. The standard InChI is InChI=1S/C32H51N9S2/c1-3-5-7-9-11-13-15-19-23-40-31(42-29(33)38-40)36-27-25-21-17-18-22-26(25)28(35-27)37-32-41(39-30(34)43-32)24-20-16-14-12-10-8-6-4-2/h17-18,21-22,35H,3-16,19-20,23-24H2,1-2H3,(H2,33,38)(H2,34,39). The van der Waals surface area contributed by atoms with Gasteiger partial charge in [0.1, 0.15) is 11.6 Å². The van der Waals surface area contributed by atoms with Crippen molar-refractivity contribution < 1.29 is 0 Å². The molecule has 4 rings (SSSR count). The molecular weight excluding hydrogens is 575 g/mol. The van der Waals surface area contributed by atoms with Gasteiger partial charge in [-0.05, 0) is 12.8 Å². The number of rotatable bonds is 20. The van der Waals surface area contributed by atoms with E-state index in [-0.39, 0.29) is 0 Å². The molecule has 0 aliphatic heterocycles. The summed E-state index contributed by atoms with van der Waals surface area (Å²) < 4.78 is 3.90. The second-order valence-electron chi connectivity index (χ2n) is 11.4. The molecule has 0 spiro atoms. The predicted molar refractivity (Wildman–Crippen MR) is 183 cm³/mol. The molecule has 0 saturated heterocycles. The number of aromatic amines is 1. The average Bonchev–Trinajstić information content (AvgIpc) is 3.66. The summed E-state index contributed by atoms with van der Waals surface area (Å²) in [5, 5.41) is 12.2. The van der Waals surface area contributed by atoms with Gasteiger partial charge in [-0.2, -0.15) is 0 Å². The fraction of sp³-hybridized carbons (Fsp3) is 0.625. The van der Waals surface area contributed by atoms with Gasteiger partial charge in [-0.25, -0.2) is 19.3 Å². The van der Waals surface area contributed by atoms with Gasteiger partial charge in [0.05, 0.1) is 0 Å². The average molecular weight is 626 g/mol. The predicted octanol–water partition coefficient (Wildman–Crippen LogP) is 8.59. The van der Waals surface area contributed by atoms with Crippen molar-refractivity contribution >= 4 is 55.3 Å². The topological polar surface area (TPSA) is 128 Å². The maximum Gasteiger partial charge on any atom is 0.211 e. The van der Waals surface area contributed by atoms with Gasteiger partial charge in [0, 0.05) is 23.9 Å². The number of nitrogens with zero attached hydrogens (tertiary/aromatic N) is 6. The largest absolute Gasteiger partial charge is 0.374 e. The van der Waals surface area contributed by atoms with Gasteiger partial charge in [0.15, 0.2) is 0 Å². The van der Waals surface area contributed by atoms with Crippen molar-refractivity contribution in [2.75, 3.05) is 11.5 Å². The van der Waals surface area contributed by atoms with Crippen LogP contribution in [0.4, 0.5) is 21.9 Å². The molecule has 0 aliphatic rings. The molecule has 3 aromatic heterocycles. The maximum atomic E-state index is 6.13. The Hall–Kier alpha value is -2.92. The van der Waals surface area contributed by atoms with Crippen LogP contribution in [0.15, 0.2) is 34.3 Å². The Morgan fingerprint density at radius 3 is 1.37 bits per heavy atom. The van der Waals surface area contributed by atoms with Crippen LogP contribution in [0, 0.1) is 0 Å². The Bertz CT molecular complexity index is 1390. The van der Waals surface area contributed by atoms with Crippen molar-refractivity contribution in [3.05, 3.63) is 33.9 Å². The summed E-state index contributed by atoms with van der Waals surface area (Å²) in [4.78, 5) is 15.1. The number of nitrogens with one attached hydrogen (secondary N) is 1. The second-order valence-corrected chi connectivity index (χ2v) is 13.4. The normalized spacial score (nSPS) is 12.7. The molecule has 0 saturated carbocycles. The van der Waals surface area contributed by atoms with Crippen LogP contribution in [-0.4, -0.2) is 24.5 Å². The van der Waals surface area contributed by atoms with Gasteiger partial charge in [0.25, 0.3) is 0 Å². The Morgan fingerprint density at radius 2 is 0.977 bits per heavy atom. The summed E-state index contributed by atoms with van der Waals surface area (Å²) in [6.07, 6.45) is 20.3. The molecule has 4 aromatic rings. The van der Waals surface area contributed by atoms with Crippen LogP contribution in [0.25, 0.3) is 10.8 Å². The van der Waals surface area contributed by atoms with Gasteiger partial charge < -0.3 is 16.5 Å². The Morgan fingerprint density at radius 1 is 0.605 bits per heavy atom. The van der Waals surface area contributed by atoms with Crippen LogP contribution < -0.4 is 21.1 Å². The molecule has 0 radical (unpaired) electrons. The molecule has 11 heteroatoms. The molecule has 3 heterocycles. The molecule has 236 valence electrons. The van der Waals surface area contributed by atoms with E-state index >= 15 is 0 Å². The molecule has 1 aromatic carbocycles. The van der Waals surface area contributed by atoms with Crippen molar-refractivity contribution in [1.29, 1.82) is 0 Å². The lowest BCUT2D eigenvalue weighted by molar-refractivity contribution is 0.511. The van der Waals surface area contributed by atoms with Gasteiger partial charge in [-0.15, -0.1) is 10.2 Å². The Kier molecular flexibility index (Phi) is 13.8. The first-order chi connectivity index (χ1) is 21.1. The molecule has 5 N–H and O–H groups in total. The Balaban J connectivity index is 1.46. The van der Waals surface area contributed by atoms with Crippen molar-refractivity contribution in [3.8, 4) is 0 Å². The third-order valence-corrected chi connectivity index (χ3v) is 9.36. The van der Waals surface area contributed by atoms with Crippen molar-refractivity contribution in [3.63, 3.8) is 0 Å². The lowest BCUT2D eigenvalue weighted by atomic mass is 10.1. The van der Waals surface area contributed by atoms with Crippen LogP contribution in [0.2, 0.25) is 0 Å². The second kappa shape index (κ2) is 18.0. The summed E-state index contributed by atoms with van der Waals surface area (Å²) in [6.45, 7) is 6.15. The number of unbranched alkanes of at least 4 members (excludes halogenated alkanes) is 14. The summed E-state index contributed by atoms with van der Waals surface area (Å²) in [7, 11) is 0. The third-order valence-electron chi connectivity index (χ3n) is 7.81. The molecule has 0 fully saturated rings. The van der Waals surface area contributed by atoms with Crippen molar-refractivity contribution in [1.82, 2.24) is 24.5 Å². The highest BCUT2D eigenvalue weighted by Crippen LogP contribution is 2.33. The van der Waals surface area contributed by atoms with Gasteiger partial charge in [0.2, 0.25) is 19.9 Å². The van der Waals surface area contributed by atoms with Crippen LogP contribution >= 0.6 is 22.7 Å². The number of hydrogen-bond acceptors (Lipinski definition) is 8. The molecule has 0 amide bonds. The first-order valence-corrected chi connectivity index (χ1v) is 18.1. The molecule has 0 bridgehead atoms. The van der Waals surface area contributed by atoms with Crippen LogP contribution in [0.5, 0.6) is 0 Å². The summed E-state index contributed by atoms with van der Waals surface area (Å²) in [5.74, 6) is 1.52. The zero-order valence-electron chi connectivity index (χ0n) is 26.2. The fourth-order valence-electron chi connectivity index (χ4n) is 5.41. The zero-order chi connectivity index (χ0) is 30.3. The van der Waals surface area contributed by atoms with E-state index < -0.39 is 0 Å². The number of fused-ring (bicyclic) bond motifs is 1. The maximum absolute atomic E-state index is 6.13. The number of benzene rings is 1. The highest BCUT2D eigenvalue weighted by molar-refractivity contribution is 7.13. The summed E-state index contributed by atoms with van der Waals surface area (Å²) in [6, 6.07) is 8.21. The molecular formula is C32H51N9S2. The van der Waals surface area contributed by atoms with E-state index in [4.69, 9.17) is 21.5 Å². The lowest BCUT2D eigenvalue weighted by Crippen LogP contribution is -2.16. The van der Waals surface area contributed by atoms with E-state index in [0.29, 0.717) is 10.3 Å². The number of hydrogen-bond donors (Lipinski definition) is 3. The first kappa shape index (κ1) is 33.0. The fourth-order valence-corrected chi connectivity index (χ4v) is 6.81. The van der Waals surface area contributed by atoms with Crippen LogP contribution in [0.3, 0.4) is 0 Å². The van der Waals surface area contributed by atoms with Gasteiger partial charge in [-0.3, -0.25) is 0 Å². The van der Waals surface area contributed by atoms with E-state index in [1.807, 2.05) is 21.5 Å². The number of nitrogen functional groups attached to an aromatic ring is 2. The van der Waals surface area contributed by atoms with Crippen LogP contribution in [-0.2, 0) is 13.1 Å². The van der Waals surface area contributed by atoms with Gasteiger partial charge >= 0.3 is 0 Å². The van der Waals surface area contributed by atoms with E-state index in [1.165, 1.54) is 113 Å².